The first-order valence-corrected chi connectivity index (χ1v) is 10.3. The van der Waals surface area contributed by atoms with Crippen molar-refractivity contribution in [2.24, 2.45) is 0 Å². The lowest BCUT2D eigenvalue weighted by atomic mass is 10.1. The van der Waals surface area contributed by atoms with Crippen LogP contribution in [0.15, 0.2) is 54.6 Å². The molecule has 0 heterocycles. The normalized spacial score (nSPS) is 11.3. The Labute approximate surface area is 170 Å². The van der Waals surface area contributed by atoms with E-state index in [0.717, 1.165) is 24.2 Å². The van der Waals surface area contributed by atoms with Crippen LogP contribution >= 0.6 is 0 Å². The van der Waals surface area contributed by atoms with E-state index in [4.69, 9.17) is 4.74 Å². The van der Waals surface area contributed by atoms with E-state index in [0.29, 0.717) is 12.6 Å². The Balaban J connectivity index is 0.000000416. The van der Waals surface area contributed by atoms with Gasteiger partial charge in [0.05, 0.1) is 6.61 Å². The van der Waals surface area contributed by atoms with Crippen molar-refractivity contribution in [1.82, 2.24) is 5.32 Å². The highest BCUT2D eigenvalue weighted by molar-refractivity contribution is 5.91. The van der Waals surface area contributed by atoms with E-state index in [9.17, 15) is 4.79 Å². The third-order valence-electron chi connectivity index (χ3n) is 4.32. The van der Waals surface area contributed by atoms with Crippen LogP contribution in [0.2, 0.25) is 0 Å². The zero-order chi connectivity index (χ0) is 20.6. The minimum Gasteiger partial charge on any atom is -0.367 e. The van der Waals surface area contributed by atoms with Crippen molar-refractivity contribution in [3.05, 3.63) is 65.7 Å². The number of anilines is 1. The topological polar surface area (TPSA) is 50.4 Å². The summed E-state index contributed by atoms with van der Waals surface area (Å²) < 4.78 is 5.40. The minimum atomic E-state index is -0.130. The Morgan fingerprint density at radius 3 is 2.36 bits per heavy atom. The van der Waals surface area contributed by atoms with Crippen molar-refractivity contribution < 1.29 is 9.53 Å². The van der Waals surface area contributed by atoms with Crippen molar-refractivity contribution in [1.29, 1.82) is 0 Å². The molecule has 0 saturated heterocycles. The summed E-state index contributed by atoms with van der Waals surface area (Å²) in [4.78, 5) is 11.8. The number of hydrogen-bond acceptors (Lipinski definition) is 3. The summed E-state index contributed by atoms with van der Waals surface area (Å²) in [6, 6.07) is 18.4. The summed E-state index contributed by atoms with van der Waals surface area (Å²) in [5.41, 5.74) is 3.08. The lowest BCUT2D eigenvalue weighted by Crippen LogP contribution is -2.25. The number of nitrogens with one attached hydrogen (secondary N) is 2. The molecule has 0 spiro atoms. The maximum Gasteiger partial charge on any atom is 0.250 e. The fraction of sp³-hybridized carbons (Fsp3) is 0.458. The van der Waals surface area contributed by atoms with Crippen LogP contribution in [0.1, 0.15) is 51.7 Å². The van der Waals surface area contributed by atoms with Gasteiger partial charge in [-0.2, -0.15) is 0 Å². The second-order valence-corrected chi connectivity index (χ2v) is 6.84. The summed E-state index contributed by atoms with van der Waals surface area (Å²) in [6.45, 7) is 10.4. The van der Waals surface area contributed by atoms with Crippen molar-refractivity contribution in [3.63, 3.8) is 0 Å². The lowest BCUT2D eigenvalue weighted by Gasteiger charge is -2.08. The minimum absolute atomic E-state index is 0.0608. The highest BCUT2D eigenvalue weighted by atomic mass is 16.5. The smallest absolute Gasteiger partial charge is 0.250 e. The number of carbonyl (C=O) groups excluding carboxylic acids is 1. The van der Waals surface area contributed by atoms with Crippen LogP contribution in [-0.2, 0) is 22.6 Å². The van der Waals surface area contributed by atoms with Gasteiger partial charge in [-0.25, -0.2) is 0 Å². The molecule has 0 aliphatic heterocycles. The molecule has 1 unspecified atom stereocenters. The van der Waals surface area contributed by atoms with Gasteiger partial charge in [0, 0.05) is 11.7 Å². The first kappa shape index (κ1) is 23.9. The Hall–Kier alpha value is -2.17. The van der Waals surface area contributed by atoms with E-state index in [2.05, 4.69) is 38.3 Å². The number of hydrogen-bond donors (Lipinski definition) is 2. The zero-order valence-corrected chi connectivity index (χ0v) is 17.8. The number of ether oxygens (including phenoxy) is 1. The van der Waals surface area contributed by atoms with Crippen LogP contribution in [0.4, 0.5) is 5.69 Å². The van der Waals surface area contributed by atoms with E-state index in [1.54, 1.807) is 0 Å². The number of benzene rings is 2. The van der Waals surface area contributed by atoms with E-state index < -0.39 is 0 Å². The molecule has 1 amide bonds. The molecule has 0 fully saturated rings. The third-order valence-corrected chi connectivity index (χ3v) is 4.32. The van der Waals surface area contributed by atoms with Crippen LogP contribution in [0.3, 0.4) is 0 Å². The molecule has 2 N–H and O–H groups in total. The van der Waals surface area contributed by atoms with Gasteiger partial charge < -0.3 is 15.4 Å². The van der Waals surface area contributed by atoms with E-state index in [1.807, 2.05) is 54.6 Å². The van der Waals surface area contributed by atoms with Crippen molar-refractivity contribution in [3.8, 4) is 0 Å². The SMILES string of the molecule is CCCNC(C)CC.CCc1cccc(NC(=O)COCc2ccccc2)c1. The second kappa shape index (κ2) is 14.8. The Morgan fingerprint density at radius 1 is 1.00 bits per heavy atom. The van der Waals surface area contributed by atoms with Crippen molar-refractivity contribution >= 4 is 11.6 Å². The molecule has 0 saturated carbocycles. The molecule has 0 aromatic heterocycles. The van der Waals surface area contributed by atoms with Gasteiger partial charge in [-0.1, -0.05) is 63.2 Å². The van der Waals surface area contributed by atoms with Gasteiger partial charge in [-0.15, -0.1) is 0 Å². The van der Waals surface area contributed by atoms with Crippen molar-refractivity contribution in [2.45, 2.75) is 59.6 Å². The van der Waals surface area contributed by atoms with Gasteiger partial charge in [0.2, 0.25) is 5.91 Å². The summed E-state index contributed by atoms with van der Waals surface area (Å²) >= 11 is 0. The molecule has 0 radical (unpaired) electrons. The molecule has 1 atom stereocenters. The molecule has 4 heteroatoms. The quantitative estimate of drug-likeness (QED) is 0.593. The van der Waals surface area contributed by atoms with Crippen LogP contribution in [0.25, 0.3) is 0 Å². The molecule has 154 valence electrons. The highest BCUT2D eigenvalue weighted by Gasteiger charge is 2.03. The Kier molecular flexibility index (Phi) is 12.6. The molecular formula is C24H36N2O2. The van der Waals surface area contributed by atoms with E-state index >= 15 is 0 Å². The zero-order valence-electron chi connectivity index (χ0n) is 17.8. The number of aryl methyl sites for hydroxylation is 1. The standard InChI is InChI=1S/C17H19NO2.C7H17N/c1-2-14-9-6-10-16(11-14)18-17(19)13-20-12-15-7-4-3-5-8-15;1-4-6-8-7(3)5-2/h3-11H,2,12-13H2,1H3,(H,18,19);7-8H,4-6H2,1-3H3. The summed E-state index contributed by atoms with van der Waals surface area (Å²) in [6.07, 6.45) is 3.43. The van der Waals surface area contributed by atoms with Gasteiger partial charge in [0.15, 0.2) is 0 Å². The van der Waals surface area contributed by atoms with E-state index in [-0.39, 0.29) is 12.5 Å². The van der Waals surface area contributed by atoms with Gasteiger partial charge in [-0.05, 0) is 56.0 Å². The molecule has 2 aromatic rings. The maximum absolute atomic E-state index is 11.8. The second-order valence-electron chi connectivity index (χ2n) is 6.84. The molecular weight excluding hydrogens is 348 g/mol. The summed E-state index contributed by atoms with van der Waals surface area (Å²) in [5.74, 6) is -0.130. The average Bonchev–Trinajstić information content (AvgIpc) is 2.73. The van der Waals surface area contributed by atoms with Gasteiger partial charge in [0.25, 0.3) is 0 Å². The van der Waals surface area contributed by atoms with Crippen LogP contribution in [0, 0.1) is 0 Å². The number of carbonyl (C=O) groups is 1. The first-order valence-electron chi connectivity index (χ1n) is 10.3. The van der Waals surface area contributed by atoms with Crippen LogP contribution in [-0.4, -0.2) is 25.1 Å². The molecule has 0 aliphatic rings. The van der Waals surface area contributed by atoms with Crippen LogP contribution < -0.4 is 10.6 Å². The molecule has 0 aliphatic carbocycles. The molecule has 2 aromatic carbocycles. The summed E-state index contributed by atoms with van der Waals surface area (Å²) in [7, 11) is 0. The Morgan fingerprint density at radius 2 is 1.71 bits per heavy atom. The first-order chi connectivity index (χ1) is 13.6. The average molecular weight is 385 g/mol. The number of rotatable bonds is 10. The Bertz CT molecular complexity index is 659. The fourth-order valence-corrected chi connectivity index (χ4v) is 2.44. The third kappa shape index (κ3) is 10.9. The molecule has 28 heavy (non-hydrogen) atoms. The van der Waals surface area contributed by atoms with Gasteiger partial charge in [-0.3, -0.25) is 4.79 Å². The monoisotopic (exact) mass is 384 g/mol. The van der Waals surface area contributed by atoms with Crippen LogP contribution in [0.5, 0.6) is 0 Å². The number of amides is 1. The largest absolute Gasteiger partial charge is 0.367 e. The molecule has 0 bridgehead atoms. The lowest BCUT2D eigenvalue weighted by molar-refractivity contribution is -0.121. The molecule has 4 nitrogen and oxygen atoms in total. The summed E-state index contributed by atoms with van der Waals surface area (Å²) in [5, 5.41) is 6.22. The predicted molar refractivity (Wildman–Crippen MR) is 119 cm³/mol. The highest BCUT2D eigenvalue weighted by Crippen LogP contribution is 2.11. The van der Waals surface area contributed by atoms with Crippen molar-refractivity contribution in [2.75, 3.05) is 18.5 Å². The predicted octanol–water partition coefficient (Wildman–Crippen LogP) is 5.19. The fourth-order valence-electron chi connectivity index (χ4n) is 2.44. The maximum atomic E-state index is 11.8. The van der Waals surface area contributed by atoms with Gasteiger partial charge >= 0.3 is 0 Å². The van der Waals surface area contributed by atoms with E-state index in [1.165, 1.54) is 18.4 Å². The van der Waals surface area contributed by atoms with Gasteiger partial charge in [0.1, 0.15) is 6.61 Å². The molecule has 2 rings (SSSR count).